The number of ether oxygens (including phenoxy) is 2. The van der Waals surface area contributed by atoms with Crippen LogP contribution in [0.4, 0.5) is 0 Å². The van der Waals surface area contributed by atoms with Crippen molar-refractivity contribution < 1.29 is 14.3 Å². The molecule has 37 heavy (non-hydrogen) atoms. The first-order chi connectivity index (χ1) is 17.9. The maximum absolute atomic E-state index is 13.1. The lowest BCUT2D eigenvalue weighted by Gasteiger charge is -2.46. The highest BCUT2D eigenvalue weighted by molar-refractivity contribution is 5.88. The summed E-state index contributed by atoms with van der Waals surface area (Å²) in [5.41, 5.74) is 3.83. The highest BCUT2D eigenvalue weighted by Crippen LogP contribution is 2.32. The average molecular weight is 510 g/mol. The first-order valence-electron chi connectivity index (χ1n) is 14.8. The Kier molecular flexibility index (Phi) is 8.57. The summed E-state index contributed by atoms with van der Waals surface area (Å²) in [6.45, 7) is 8.19. The van der Waals surface area contributed by atoms with Crippen molar-refractivity contribution in [2.75, 3.05) is 13.1 Å². The molecule has 2 aromatic rings. The fraction of sp³-hybridized carbons (Fsp3) is 0.710. The van der Waals surface area contributed by atoms with Crippen LogP contribution in [0.2, 0.25) is 0 Å². The highest BCUT2D eigenvalue weighted by Gasteiger charge is 2.39. The number of carbonyl (C=O) groups is 1. The Labute approximate surface area is 223 Å². The molecule has 4 fully saturated rings. The van der Waals surface area contributed by atoms with Gasteiger partial charge in [-0.05, 0) is 70.1 Å². The topological polar surface area (TPSA) is 55.7 Å². The Bertz CT molecular complexity index is 1070. The lowest BCUT2D eigenvalue weighted by molar-refractivity contribution is -0.160. The Balaban J connectivity index is 0.000000212. The van der Waals surface area contributed by atoms with E-state index < -0.39 is 0 Å². The SMILES string of the molecule is CC1CNC2CCCCC2O1.Cc1cccc2c1c(CCC(=O)N1CC(C)OC3CCCCC31)cn2C. The number of benzene rings is 1. The Hall–Kier alpha value is -1.89. The first-order valence-corrected chi connectivity index (χ1v) is 14.8. The molecule has 2 aliphatic heterocycles. The molecular weight excluding hydrogens is 462 g/mol. The van der Waals surface area contributed by atoms with Gasteiger partial charge in [0.1, 0.15) is 0 Å². The fourth-order valence-corrected chi connectivity index (χ4v) is 7.10. The lowest BCUT2D eigenvalue weighted by atomic mass is 9.89. The van der Waals surface area contributed by atoms with E-state index in [0.29, 0.717) is 36.6 Å². The molecular formula is C31H47N3O3. The van der Waals surface area contributed by atoms with E-state index in [0.717, 1.165) is 32.4 Å². The third-order valence-corrected chi connectivity index (χ3v) is 8.94. The van der Waals surface area contributed by atoms with Gasteiger partial charge in [0.2, 0.25) is 5.91 Å². The van der Waals surface area contributed by atoms with Crippen molar-refractivity contribution in [1.29, 1.82) is 0 Å². The molecule has 1 N–H and O–H groups in total. The smallest absolute Gasteiger partial charge is 0.223 e. The van der Waals surface area contributed by atoms with Gasteiger partial charge in [-0.15, -0.1) is 0 Å². The number of nitrogens with one attached hydrogen (secondary N) is 1. The summed E-state index contributed by atoms with van der Waals surface area (Å²) in [7, 11) is 2.09. The predicted molar refractivity (Wildman–Crippen MR) is 149 cm³/mol. The zero-order valence-corrected chi connectivity index (χ0v) is 23.4. The van der Waals surface area contributed by atoms with E-state index in [1.54, 1.807) is 0 Å². The molecule has 0 spiro atoms. The molecule has 6 nitrogen and oxygen atoms in total. The van der Waals surface area contributed by atoms with Crippen LogP contribution in [-0.4, -0.2) is 65.0 Å². The maximum Gasteiger partial charge on any atom is 0.223 e. The monoisotopic (exact) mass is 509 g/mol. The van der Waals surface area contributed by atoms with E-state index in [1.807, 2.05) is 0 Å². The maximum atomic E-state index is 13.1. The molecule has 2 saturated heterocycles. The molecule has 3 heterocycles. The quantitative estimate of drug-likeness (QED) is 0.611. The number of hydrogen-bond donors (Lipinski definition) is 1. The lowest BCUT2D eigenvalue weighted by Crippen LogP contribution is -2.57. The molecule has 1 aromatic carbocycles. The highest BCUT2D eigenvalue weighted by atomic mass is 16.5. The minimum atomic E-state index is 0.151. The van der Waals surface area contributed by atoms with Crippen LogP contribution in [-0.2, 0) is 27.7 Å². The number of amides is 1. The van der Waals surface area contributed by atoms with Gasteiger partial charge in [-0.2, -0.15) is 0 Å². The number of rotatable bonds is 3. The van der Waals surface area contributed by atoms with Crippen molar-refractivity contribution >= 4 is 16.8 Å². The predicted octanol–water partition coefficient (Wildman–Crippen LogP) is 5.28. The fourth-order valence-electron chi connectivity index (χ4n) is 7.10. The second kappa shape index (κ2) is 11.9. The van der Waals surface area contributed by atoms with Gasteiger partial charge in [-0.25, -0.2) is 0 Å². The average Bonchev–Trinajstić information content (AvgIpc) is 3.23. The second-order valence-corrected chi connectivity index (χ2v) is 11.9. The van der Waals surface area contributed by atoms with Crippen LogP contribution < -0.4 is 5.32 Å². The van der Waals surface area contributed by atoms with E-state index in [-0.39, 0.29) is 12.2 Å². The van der Waals surface area contributed by atoms with Crippen LogP contribution in [0.3, 0.4) is 0 Å². The number of morpholine rings is 2. The first kappa shape index (κ1) is 26.7. The van der Waals surface area contributed by atoms with Crippen molar-refractivity contribution in [3.05, 3.63) is 35.5 Å². The molecule has 6 rings (SSSR count). The summed E-state index contributed by atoms with van der Waals surface area (Å²) in [6.07, 6.45) is 14.9. The minimum Gasteiger partial charge on any atom is -0.372 e. The summed E-state index contributed by atoms with van der Waals surface area (Å²) in [4.78, 5) is 15.2. The van der Waals surface area contributed by atoms with Crippen LogP contribution in [0.5, 0.6) is 0 Å². The molecule has 204 valence electrons. The molecule has 6 atom stereocenters. The molecule has 2 aliphatic carbocycles. The molecule has 0 radical (unpaired) electrons. The summed E-state index contributed by atoms with van der Waals surface area (Å²) in [6, 6.07) is 7.38. The number of fused-ring (bicyclic) bond motifs is 3. The largest absolute Gasteiger partial charge is 0.372 e. The molecule has 2 saturated carbocycles. The van der Waals surface area contributed by atoms with Gasteiger partial charge in [-0.1, -0.05) is 37.8 Å². The zero-order valence-electron chi connectivity index (χ0n) is 23.4. The van der Waals surface area contributed by atoms with E-state index in [9.17, 15) is 4.79 Å². The summed E-state index contributed by atoms with van der Waals surface area (Å²) < 4.78 is 14.1. The minimum absolute atomic E-state index is 0.151. The van der Waals surface area contributed by atoms with E-state index >= 15 is 0 Å². The van der Waals surface area contributed by atoms with Gasteiger partial charge in [0.05, 0.1) is 30.5 Å². The van der Waals surface area contributed by atoms with Crippen LogP contribution in [0.1, 0.15) is 82.8 Å². The zero-order chi connectivity index (χ0) is 25.9. The molecule has 0 bridgehead atoms. The molecule has 6 unspecified atom stereocenters. The number of aryl methyl sites for hydroxylation is 3. The third-order valence-electron chi connectivity index (χ3n) is 8.94. The normalized spacial score (nSPS) is 31.7. The van der Waals surface area contributed by atoms with Crippen LogP contribution in [0.25, 0.3) is 10.9 Å². The van der Waals surface area contributed by atoms with Crippen LogP contribution in [0, 0.1) is 6.92 Å². The van der Waals surface area contributed by atoms with Gasteiger partial charge in [-0.3, -0.25) is 4.79 Å². The molecule has 1 aromatic heterocycles. The summed E-state index contributed by atoms with van der Waals surface area (Å²) >= 11 is 0. The van der Waals surface area contributed by atoms with Gasteiger partial charge in [0.25, 0.3) is 0 Å². The van der Waals surface area contributed by atoms with Crippen molar-refractivity contribution in [1.82, 2.24) is 14.8 Å². The Morgan fingerprint density at radius 3 is 2.57 bits per heavy atom. The van der Waals surface area contributed by atoms with E-state index in [4.69, 9.17) is 9.47 Å². The second-order valence-electron chi connectivity index (χ2n) is 11.9. The third kappa shape index (κ3) is 6.07. The van der Waals surface area contributed by atoms with Gasteiger partial charge >= 0.3 is 0 Å². The molecule has 1 amide bonds. The standard InChI is InChI=1S/C22H30N2O2.C9H17NO/c1-15-7-6-9-19-22(15)17(14-23(19)3)11-12-21(25)24-13-16(2)26-20-10-5-4-8-18(20)24;1-7-6-10-8-4-2-3-5-9(8)11-7/h6-7,9,14,16,18,20H,4-5,8,10-13H2,1-3H3;7-10H,2-6H2,1H3. The van der Waals surface area contributed by atoms with E-state index in [2.05, 4.69) is 67.0 Å². The molecule has 6 heteroatoms. The molecule has 4 aliphatic rings. The summed E-state index contributed by atoms with van der Waals surface area (Å²) in [5, 5.41) is 4.86. The van der Waals surface area contributed by atoms with Crippen LogP contribution >= 0.6 is 0 Å². The number of nitrogens with zero attached hydrogens (tertiary/aromatic N) is 2. The number of hydrogen-bond acceptors (Lipinski definition) is 4. The van der Waals surface area contributed by atoms with Crippen molar-refractivity contribution in [3.63, 3.8) is 0 Å². The van der Waals surface area contributed by atoms with Crippen molar-refractivity contribution in [2.24, 2.45) is 7.05 Å². The van der Waals surface area contributed by atoms with Gasteiger partial charge in [0, 0.05) is 49.7 Å². The van der Waals surface area contributed by atoms with Crippen LogP contribution in [0.15, 0.2) is 24.4 Å². The Morgan fingerprint density at radius 2 is 1.73 bits per heavy atom. The summed E-state index contributed by atoms with van der Waals surface area (Å²) in [5.74, 6) is 0.294. The Morgan fingerprint density at radius 1 is 1.00 bits per heavy atom. The van der Waals surface area contributed by atoms with Crippen molar-refractivity contribution in [2.45, 2.75) is 121 Å². The van der Waals surface area contributed by atoms with E-state index in [1.165, 1.54) is 60.6 Å². The van der Waals surface area contributed by atoms with Gasteiger partial charge in [0.15, 0.2) is 0 Å². The number of carbonyl (C=O) groups excluding carboxylic acids is 1. The van der Waals surface area contributed by atoms with Gasteiger partial charge < -0.3 is 24.3 Å². The van der Waals surface area contributed by atoms with Crippen molar-refractivity contribution in [3.8, 4) is 0 Å². The number of aromatic nitrogens is 1.